The number of amides is 1. The third kappa shape index (κ3) is 4.86. The number of hydrogen-bond donors (Lipinski definition) is 0. The number of likely N-dealkylation sites (N-methyl/N-ethyl adjacent to an activating group) is 1. The van der Waals surface area contributed by atoms with Gasteiger partial charge in [-0.2, -0.15) is 0 Å². The van der Waals surface area contributed by atoms with E-state index in [0.29, 0.717) is 27.3 Å². The molecule has 0 fully saturated rings. The van der Waals surface area contributed by atoms with Gasteiger partial charge in [-0.1, -0.05) is 64.3 Å². The van der Waals surface area contributed by atoms with Crippen LogP contribution in [0.4, 0.5) is 5.13 Å². The van der Waals surface area contributed by atoms with E-state index >= 15 is 0 Å². The fourth-order valence-corrected chi connectivity index (χ4v) is 4.91. The van der Waals surface area contributed by atoms with Crippen molar-refractivity contribution < 1.29 is 4.79 Å². The molecule has 1 aromatic heterocycles. The summed E-state index contributed by atoms with van der Waals surface area (Å²) in [6, 6.07) is 10.8. The van der Waals surface area contributed by atoms with E-state index in [0.717, 1.165) is 34.3 Å². The van der Waals surface area contributed by atoms with Crippen molar-refractivity contribution in [3.63, 3.8) is 0 Å². The summed E-state index contributed by atoms with van der Waals surface area (Å²) in [5.74, 6) is -0.174. The van der Waals surface area contributed by atoms with Gasteiger partial charge >= 0.3 is 0 Å². The number of rotatable bonds is 7. The average Bonchev–Trinajstić information content (AvgIpc) is 3.07. The molecule has 0 radical (unpaired) electrons. The number of fused-ring (bicyclic) bond motifs is 1. The van der Waals surface area contributed by atoms with Gasteiger partial charge in [-0.05, 0) is 49.5 Å². The van der Waals surface area contributed by atoms with Crippen molar-refractivity contribution in [3.8, 4) is 0 Å². The molecule has 2 aromatic carbocycles. The van der Waals surface area contributed by atoms with Crippen LogP contribution >= 0.6 is 50.5 Å². The summed E-state index contributed by atoms with van der Waals surface area (Å²) in [6.07, 6.45) is 0. The van der Waals surface area contributed by atoms with Crippen LogP contribution < -0.4 is 4.90 Å². The van der Waals surface area contributed by atoms with Gasteiger partial charge in [0, 0.05) is 22.6 Å². The minimum absolute atomic E-state index is 0.174. The number of halogens is 3. The van der Waals surface area contributed by atoms with E-state index < -0.39 is 0 Å². The van der Waals surface area contributed by atoms with Gasteiger partial charge in [0.1, 0.15) is 0 Å². The fourth-order valence-electron chi connectivity index (χ4n) is 2.88. The zero-order valence-corrected chi connectivity index (χ0v) is 19.5. The van der Waals surface area contributed by atoms with E-state index in [1.165, 1.54) is 11.3 Å². The van der Waals surface area contributed by atoms with Crippen molar-refractivity contribution in [3.05, 3.63) is 56.5 Å². The summed E-state index contributed by atoms with van der Waals surface area (Å²) in [6.45, 7) is 7.35. The first-order valence-corrected chi connectivity index (χ1v) is 11.3. The molecule has 1 heterocycles. The molecule has 3 rings (SSSR count). The Kier molecular flexibility index (Phi) is 7.34. The zero-order chi connectivity index (χ0) is 20.3. The first kappa shape index (κ1) is 21.5. The van der Waals surface area contributed by atoms with E-state index in [1.807, 2.05) is 18.2 Å². The molecule has 4 nitrogen and oxygen atoms in total. The predicted octanol–water partition coefficient (Wildman–Crippen LogP) is 6.35. The monoisotopic (exact) mass is 499 g/mol. The van der Waals surface area contributed by atoms with Crippen molar-refractivity contribution in [1.29, 1.82) is 0 Å². The minimum Gasteiger partial charge on any atom is -0.302 e. The van der Waals surface area contributed by atoms with Gasteiger partial charge in [-0.15, -0.1) is 0 Å². The summed E-state index contributed by atoms with van der Waals surface area (Å²) in [4.78, 5) is 22.0. The Morgan fingerprint density at radius 1 is 1.11 bits per heavy atom. The van der Waals surface area contributed by atoms with Crippen molar-refractivity contribution in [1.82, 2.24) is 9.88 Å². The van der Waals surface area contributed by atoms with Crippen LogP contribution in [0.25, 0.3) is 10.2 Å². The quantitative estimate of drug-likeness (QED) is 0.379. The van der Waals surface area contributed by atoms with Crippen LogP contribution in [-0.4, -0.2) is 42.0 Å². The van der Waals surface area contributed by atoms with Crippen molar-refractivity contribution in [2.24, 2.45) is 0 Å². The van der Waals surface area contributed by atoms with Crippen LogP contribution in [0.3, 0.4) is 0 Å². The highest BCUT2D eigenvalue weighted by Gasteiger charge is 2.23. The zero-order valence-electron chi connectivity index (χ0n) is 15.6. The fraction of sp³-hybridized carbons (Fsp3) is 0.300. The number of carbonyl (C=O) groups excluding carboxylic acids is 1. The van der Waals surface area contributed by atoms with Crippen LogP contribution in [0.1, 0.15) is 24.2 Å². The van der Waals surface area contributed by atoms with Crippen LogP contribution in [0.15, 0.2) is 40.9 Å². The van der Waals surface area contributed by atoms with E-state index in [1.54, 1.807) is 23.1 Å². The second-order valence-corrected chi connectivity index (χ2v) is 8.98. The molecule has 0 aliphatic carbocycles. The molecule has 0 unspecified atom stereocenters. The van der Waals surface area contributed by atoms with Gasteiger partial charge < -0.3 is 4.90 Å². The van der Waals surface area contributed by atoms with Crippen LogP contribution in [0, 0.1) is 0 Å². The molecule has 0 aliphatic heterocycles. The second kappa shape index (κ2) is 9.55. The summed E-state index contributed by atoms with van der Waals surface area (Å²) < 4.78 is 2.00. The van der Waals surface area contributed by atoms with E-state index in [9.17, 15) is 4.79 Å². The van der Waals surface area contributed by atoms with Crippen LogP contribution in [-0.2, 0) is 0 Å². The minimum atomic E-state index is -0.174. The number of benzene rings is 2. The van der Waals surface area contributed by atoms with Gasteiger partial charge in [-0.25, -0.2) is 4.98 Å². The predicted molar refractivity (Wildman–Crippen MR) is 123 cm³/mol. The van der Waals surface area contributed by atoms with Gasteiger partial charge in [0.05, 0.1) is 20.8 Å². The Balaban J connectivity index is 1.98. The maximum Gasteiger partial charge on any atom is 0.261 e. The molecular weight excluding hydrogens is 481 g/mol. The Hall–Kier alpha value is -1.18. The number of thiazole rings is 1. The smallest absolute Gasteiger partial charge is 0.261 e. The second-order valence-electron chi connectivity index (χ2n) is 6.22. The lowest BCUT2D eigenvalue weighted by atomic mass is 10.2. The van der Waals surface area contributed by atoms with Gasteiger partial charge in [0.15, 0.2) is 5.13 Å². The van der Waals surface area contributed by atoms with Crippen molar-refractivity contribution in [2.45, 2.75) is 13.8 Å². The third-order valence-corrected chi connectivity index (χ3v) is 6.59. The molecule has 0 saturated heterocycles. The van der Waals surface area contributed by atoms with E-state index in [2.05, 4.69) is 34.7 Å². The molecule has 28 heavy (non-hydrogen) atoms. The standard InChI is InChI=1S/C20H20BrCl2N3OS/c1-3-25(4-2)9-10-26(19(27)15-7-6-14(22)12-16(15)23)20-24-17-8-5-13(21)11-18(17)28-20/h5-8,11-12H,3-4,9-10H2,1-2H3. The molecule has 8 heteroatoms. The lowest BCUT2D eigenvalue weighted by Crippen LogP contribution is -2.39. The molecule has 1 amide bonds. The molecule has 0 saturated carbocycles. The van der Waals surface area contributed by atoms with Gasteiger partial charge in [0.2, 0.25) is 0 Å². The SMILES string of the molecule is CCN(CC)CCN(C(=O)c1ccc(Cl)cc1Cl)c1nc2ccc(Br)cc2s1. The molecule has 0 atom stereocenters. The lowest BCUT2D eigenvalue weighted by molar-refractivity contribution is 0.0984. The Morgan fingerprint density at radius 2 is 1.86 bits per heavy atom. The molecule has 3 aromatic rings. The molecule has 0 N–H and O–H groups in total. The first-order chi connectivity index (χ1) is 13.4. The number of carbonyl (C=O) groups is 1. The summed E-state index contributed by atoms with van der Waals surface area (Å²) >= 11 is 17.3. The van der Waals surface area contributed by atoms with Crippen molar-refractivity contribution in [2.75, 3.05) is 31.1 Å². The van der Waals surface area contributed by atoms with Crippen molar-refractivity contribution >= 4 is 71.7 Å². The lowest BCUT2D eigenvalue weighted by Gasteiger charge is -2.25. The van der Waals surface area contributed by atoms with Gasteiger partial charge in [-0.3, -0.25) is 9.69 Å². The molecule has 0 aliphatic rings. The van der Waals surface area contributed by atoms with Crippen LogP contribution in [0.5, 0.6) is 0 Å². The molecule has 0 bridgehead atoms. The Bertz CT molecular complexity index is 991. The number of nitrogens with zero attached hydrogens (tertiary/aromatic N) is 3. The highest BCUT2D eigenvalue weighted by atomic mass is 79.9. The molecule has 148 valence electrons. The third-order valence-electron chi connectivity index (χ3n) is 4.51. The van der Waals surface area contributed by atoms with Gasteiger partial charge in [0.25, 0.3) is 5.91 Å². The summed E-state index contributed by atoms with van der Waals surface area (Å²) in [5, 5.41) is 1.51. The summed E-state index contributed by atoms with van der Waals surface area (Å²) in [5.41, 5.74) is 1.29. The Morgan fingerprint density at radius 3 is 2.54 bits per heavy atom. The summed E-state index contributed by atoms with van der Waals surface area (Å²) in [7, 11) is 0. The number of hydrogen-bond acceptors (Lipinski definition) is 4. The normalized spacial score (nSPS) is 11.4. The number of anilines is 1. The maximum atomic E-state index is 13.3. The molecular formula is C20H20BrCl2N3OS. The maximum absolute atomic E-state index is 13.3. The number of aromatic nitrogens is 1. The largest absolute Gasteiger partial charge is 0.302 e. The van der Waals surface area contributed by atoms with E-state index in [4.69, 9.17) is 28.2 Å². The van der Waals surface area contributed by atoms with Crippen LogP contribution in [0.2, 0.25) is 10.0 Å². The first-order valence-electron chi connectivity index (χ1n) is 8.98. The molecule has 0 spiro atoms. The topological polar surface area (TPSA) is 36.4 Å². The van der Waals surface area contributed by atoms with E-state index in [-0.39, 0.29) is 5.91 Å². The highest BCUT2D eigenvalue weighted by molar-refractivity contribution is 9.10. The Labute approximate surface area is 187 Å². The highest BCUT2D eigenvalue weighted by Crippen LogP contribution is 2.32. The average molecular weight is 501 g/mol.